The van der Waals surface area contributed by atoms with Gasteiger partial charge in [-0.15, -0.1) is 0 Å². The molecule has 0 fully saturated rings. The molecule has 1 aromatic carbocycles. The van der Waals surface area contributed by atoms with Crippen LogP contribution in [0.5, 0.6) is 0 Å². The number of amides is 1. The van der Waals surface area contributed by atoms with E-state index in [-0.39, 0.29) is 11.5 Å². The number of benzene rings is 1. The van der Waals surface area contributed by atoms with Crippen LogP contribution in [0.25, 0.3) is 0 Å². The quantitative estimate of drug-likeness (QED) is 0.848. The van der Waals surface area contributed by atoms with Gasteiger partial charge in [0.15, 0.2) is 0 Å². The van der Waals surface area contributed by atoms with E-state index in [1.54, 1.807) is 25.1 Å². The molecule has 1 amide bonds. The Balaban J connectivity index is 2.19. The van der Waals surface area contributed by atoms with Gasteiger partial charge in [-0.25, -0.2) is 4.68 Å². The summed E-state index contributed by atoms with van der Waals surface area (Å²) in [5, 5.41) is 6.23. The Kier molecular flexibility index (Phi) is 4.55. The molecule has 0 spiro atoms. The molecule has 110 valence electrons. The molecule has 0 aliphatic carbocycles. The van der Waals surface area contributed by atoms with Crippen LogP contribution in [0, 0.1) is 0 Å². The molecule has 2 N–H and O–H groups in total. The second-order valence-electron chi connectivity index (χ2n) is 4.58. The van der Waals surface area contributed by atoms with E-state index in [1.165, 1.54) is 10.7 Å². The number of hydrogen-bond acceptors (Lipinski definition) is 2. The van der Waals surface area contributed by atoms with Crippen LogP contribution in [0.3, 0.4) is 0 Å². The van der Waals surface area contributed by atoms with Crippen LogP contribution in [-0.4, -0.2) is 15.7 Å². The van der Waals surface area contributed by atoms with Crippen molar-refractivity contribution >= 4 is 34.9 Å². The summed E-state index contributed by atoms with van der Waals surface area (Å²) in [5.74, 6) is -0.0361. The smallest absolute Gasteiger partial charge is 0.268 e. The van der Waals surface area contributed by atoms with Crippen LogP contribution in [0.15, 0.2) is 41.2 Å². The first-order valence-corrected chi connectivity index (χ1v) is 6.83. The summed E-state index contributed by atoms with van der Waals surface area (Å²) in [7, 11) is 0. The van der Waals surface area contributed by atoms with Crippen LogP contribution in [0.4, 0.5) is 5.82 Å². The summed E-state index contributed by atoms with van der Waals surface area (Å²) < 4.78 is 1.35. The van der Waals surface area contributed by atoms with E-state index >= 15 is 0 Å². The highest BCUT2D eigenvalue weighted by Crippen LogP contribution is 2.22. The number of halogens is 2. The van der Waals surface area contributed by atoms with Gasteiger partial charge in [0.2, 0.25) is 0 Å². The Labute approximate surface area is 131 Å². The van der Waals surface area contributed by atoms with E-state index in [2.05, 4.69) is 17.0 Å². The van der Waals surface area contributed by atoms with E-state index in [4.69, 9.17) is 23.2 Å². The molecule has 0 bridgehead atoms. The standard InChI is InChI=1S/C14H13Cl2N3O2/c1-8(2)14(21)17-12-6-13(20)19(18-12)7-9-3-4-10(15)11(16)5-9/h3-6,18H,1,7H2,2H3,(H,17,21). The minimum absolute atomic E-state index is 0.266. The molecule has 0 saturated carbocycles. The maximum absolute atomic E-state index is 11.8. The van der Waals surface area contributed by atoms with Crippen molar-refractivity contribution in [2.24, 2.45) is 0 Å². The molecule has 1 heterocycles. The van der Waals surface area contributed by atoms with Gasteiger partial charge >= 0.3 is 0 Å². The topological polar surface area (TPSA) is 66.9 Å². The van der Waals surface area contributed by atoms with E-state index in [0.29, 0.717) is 28.0 Å². The molecule has 0 radical (unpaired) electrons. The van der Waals surface area contributed by atoms with Crippen molar-refractivity contribution in [2.45, 2.75) is 13.5 Å². The second kappa shape index (κ2) is 6.20. The minimum atomic E-state index is -0.349. The molecule has 2 aromatic rings. The Morgan fingerprint density at radius 2 is 2.05 bits per heavy atom. The summed E-state index contributed by atoms with van der Waals surface area (Å²) in [4.78, 5) is 23.3. The molecule has 0 aliphatic heterocycles. The maximum Gasteiger partial charge on any atom is 0.268 e. The van der Waals surface area contributed by atoms with Crippen LogP contribution in [0.1, 0.15) is 12.5 Å². The third-order valence-electron chi connectivity index (χ3n) is 2.75. The Morgan fingerprint density at radius 3 is 2.67 bits per heavy atom. The molecule has 0 saturated heterocycles. The summed E-state index contributed by atoms with van der Waals surface area (Å²) in [6, 6.07) is 6.42. The van der Waals surface area contributed by atoms with Crippen molar-refractivity contribution in [3.8, 4) is 0 Å². The number of carbonyl (C=O) groups excluding carboxylic acids is 1. The van der Waals surface area contributed by atoms with E-state index in [1.807, 2.05) is 0 Å². The fourth-order valence-electron chi connectivity index (χ4n) is 1.67. The molecular formula is C14H13Cl2N3O2. The number of aromatic amines is 1. The number of rotatable bonds is 4. The average Bonchev–Trinajstić information content (AvgIpc) is 2.74. The zero-order valence-electron chi connectivity index (χ0n) is 11.2. The molecular weight excluding hydrogens is 313 g/mol. The summed E-state index contributed by atoms with van der Waals surface area (Å²) >= 11 is 11.8. The lowest BCUT2D eigenvalue weighted by molar-refractivity contribution is -0.112. The number of H-pyrrole nitrogens is 1. The number of aromatic nitrogens is 2. The molecule has 7 heteroatoms. The highest BCUT2D eigenvalue weighted by atomic mass is 35.5. The van der Waals surface area contributed by atoms with Gasteiger partial charge in [0, 0.05) is 11.6 Å². The average molecular weight is 326 g/mol. The molecule has 0 unspecified atom stereocenters. The zero-order chi connectivity index (χ0) is 15.6. The third-order valence-corrected chi connectivity index (χ3v) is 3.49. The number of nitrogens with one attached hydrogen (secondary N) is 2. The Hall–Kier alpha value is -1.98. The van der Waals surface area contributed by atoms with Crippen LogP contribution in [-0.2, 0) is 11.3 Å². The number of anilines is 1. The first kappa shape index (κ1) is 15.4. The lowest BCUT2D eigenvalue weighted by atomic mass is 10.2. The van der Waals surface area contributed by atoms with Gasteiger partial charge in [-0.2, -0.15) is 0 Å². The van der Waals surface area contributed by atoms with Crippen LogP contribution < -0.4 is 10.9 Å². The van der Waals surface area contributed by atoms with Gasteiger partial charge in [-0.3, -0.25) is 14.7 Å². The molecule has 5 nitrogen and oxygen atoms in total. The van der Waals surface area contributed by atoms with Crippen molar-refractivity contribution < 1.29 is 4.79 Å². The fourth-order valence-corrected chi connectivity index (χ4v) is 1.99. The van der Waals surface area contributed by atoms with E-state index < -0.39 is 0 Å². The first-order valence-electron chi connectivity index (χ1n) is 6.07. The van der Waals surface area contributed by atoms with Gasteiger partial charge < -0.3 is 5.32 Å². The summed E-state index contributed by atoms with van der Waals surface area (Å²) in [5.41, 5.74) is 0.900. The van der Waals surface area contributed by atoms with Gasteiger partial charge in [0.05, 0.1) is 16.6 Å². The summed E-state index contributed by atoms with van der Waals surface area (Å²) in [6.07, 6.45) is 0. The van der Waals surface area contributed by atoms with E-state index in [0.717, 1.165) is 5.56 Å². The van der Waals surface area contributed by atoms with Crippen molar-refractivity contribution in [1.29, 1.82) is 0 Å². The Bertz CT molecular complexity index is 762. The summed E-state index contributed by atoms with van der Waals surface area (Å²) in [6.45, 7) is 5.40. The van der Waals surface area contributed by atoms with Crippen LogP contribution in [0.2, 0.25) is 10.0 Å². The van der Waals surface area contributed by atoms with Gasteiger partial charge in [0.1, 0.15) is 5.82 Å². The maximum atomic E-state index is 11.8. The monoisotopic (exact) mass is 325 g/mol. The fraction of sp³-hybridized carbons (Fsp3) is 0.143. The van der Waals surface area contributed by atoms with Crippen molar-refractivity contribution in [3.05, 3.63) is 62.4 Å². The molecule has 0 aliphatic rings. The lowest BCUT2D eigenvalue weighted by Gasteiger charge is -2.05. The molecule has 1 aromatic heterocycles. The van der Waals surface area contributed by atoms with E-state index in [9.17, 15) is 9.59 Å². The van der Waals surface area contributed by atoms with Crippen molar-refractivity contribution in [1.82, 2.24) is 9.78 Å². The minimum Gasteiger partial charge on any atom is -0.307 e. The second-order valence-corrected chi connectivity index (χ2v) is 5.39. The number of carbonyl (C=O) groups is 1. The van der Waals surface area contributed by atoms with Gasteiger partial charge in [-0.1, -0.05) is 35.8 Å². The predicted octanol–water partition coefficient (Wildman–Crippen LogP) is 3.05. The van der Waals surface area contributed by atoms with Crippen molar-refractivity contribution in [3.63, 3.8) is 0 Å². The lowest BCUT2D eigenvalue weighted by Crippen LogP contribution is -2.16. The highest BCUT2D eigenvalue weighted by molar-refractivity contribution is 6.42. The predicted molar refractivity (Wildman–Crippen MR) is 84.1 cm³/mol. The number of nitrogens with zero attached hydrogens (tertiary/aromatic N) is 1. The van der Waals surface area contributed by atoms with Gasteiger partial charge in [-0.05, 0) is 24.6 Å². The molecule has 2 rings (SSSR count). The molecule has 21 heavy (non-hydrogen) atoms. The SMILES string of the molecule is C=C(C)C(=O)Nc1cc(=O)n(Cc2ccc(Cl)c(Cl)c2)[nH]1. The third kappa shape index (κ3) is 3.77. The highest BCUT2D eigenvalue weighted by Gasteiger charge is 2.08. The number of hydrogen-bond donors (Lipinski definition) is 2. The van der Waals surface area contributed by atoms with Crippen molar-refractivity contribution in [2.75, 3.05) is 5.32 Å². The van der Waals surface area contributed by atoms with Crippen LogP contribution >= 0.6 is 23.2 Å². The zero-order valence-corrected chi connectivity index (χ0v) is 12.8. The Morgan fingerprint density at radius 1 is 1.33 bits per heavy atom. The first-order chi connectivity index (χ1) is 9.86. The van der Waals surface area contributed by atoms with Gasteiger partial charge in [0.25, 0.3) is 11.5 Å². The normalized spacial score (nSPS) is 10.4. The molecule has 0 atom stereocenters. The largest absolute Gasteiger partial charge is 0.307 e.